The molecule has 2 N–H and O–H groups in total. The molecule has 6 rings (SSSR count). The van der Waals surface area contributed by atoms with Gasteiger partial charge in [0, 0.05) is 10.6 Å². The fraction of sp³-hybridized carbons (Fsp3) is 0.148. The standard InChI is InChI=1S/C27H19ClN2O7S/c1-35-19-10-13(2-6-17(19)31)23-22(24(32)14-3-7-18-20(11-14)37-9-8-36-18)25(33)26(34)30(23)27-29-16-5-4-15(28)12-21(16)38-27/h2-7,10-12,23,31-32H,8-9H2,1H3. The maximum atomic E-state index is 13.5. The molecule has 38 heavy (non-hydrogen) atoms. The number of anilines is 1. The summed E-state index contributed by atoms with van der Waals surface area (Å²) in [7, 11) is 1.39. The van der Waals surface area contributed by atoms with Crippen LogP contribution in [-0.4, -0.2) is 47.2 Å². The van der Waals surface area contributed by atoms with Crippen LogP contribution in [0.3, 0.4) is 0 Å². The lowest BCUT2D eigenvalue weighted by Crippen LogP contribution is -2.29. The van der Waals surface area contributed by atoms with Gasteiger partial charge in [-0.15, -0.1) is 0 Å². The van der Waals surface area contributed by atoms with E-state index >= 15 is 0 Å². The van der Waals surface area contributed by atoms with Crippen LogP contribution in [0.1, 0.15) is 17.2 Å². The summed E-state index contributed by atoms with van der Waals surface area (Å²) in [6.07, 6.45) is 0. The Morgan fingerprint density at radius 3 is 2.66 bits per heavy atom. The van der Waals surface area contributed by atoms with Gasteiger partial charge in [0.15, 0.2) is 28.1 Å². The average molecular weight is 551 g/mol. The van der Waals surface area contributed by atoms with E-state index in [4.69, 9.17) is 25.8 Å². The van der Waals surface area contributed by atoms with Crippen LogP contribution in [0.4, 0.5) is 5.13 Å². The van der Waals surface area contributed by atoms with Crippen LogP contribution < -0.4 is 19.1 Å². The van der Waals surface area contributed by atoms with Crippen LogP contribution in [-0.2, 0) is 9.59 Å². The molecular formula is C27H19ClN2O7S. The number of amides is 1. The van der Waals surface area contributed by atoms with Gasteiger partial charge in [-0.1, -0.05) is 29.0 Å². The quantitative estimate of drug-likeness (QED) is 0.206. The van der Waals surface area contributed by atoms with Crippen LogP contribution in [0, 0.1) is 0 Å². The first-order chi connectivity index (χ1) is 18.4. The number of carbonyl (C=O) groups excluding carboxylic acids is 2. The summed E-state index contributed by atoms with van der Waals surface area (Å²) in [6, 6.07) is 13.3. The number of benzene rings is 3. The van der Waals surface area contributed by atoms with Gasteiger partial charge < -0.3 is 24.4 Å². The Labute approximate surface area is 225 Å². The van der Waals surface area contributed by atoms with Crippen molar-refractivity contribution in [1.29, 1.82) is 0 Å². The molecule has 2 aliphatic rings. The van der Waals surface area contributed by atoms with Gasteiger partial charge in [-0.25, -0.2) is 4.98 Å². The maximum absolute atomic E-state index is 13.5. The highest BCUT2D eigenvalue weighted by Crippen LogP contribution is 2.46. The summed E-state index contributed by atoms with van der Waals surface area (Å²) < 4.78 is 17.2. The predicted octanol–water partition coefficient (Wildman–Crippen LogP) is 5.06. The van der Waals surface area contributed by atoms with Gasteiger partial charge in [0.2, 0.25) is 0 Å². The van der Waals surface area contributed by atoms with Crippen molar-refractivity contribution in [3.05, 3.63) is 76.3 Å². The third kappa shape index (κ3) is 3.89. The lowest BCUT2D eigenvalue weighted by atomic mass is 9.95. The number of aromatic nitrogens is 1. The number of aromatic hydroxyl groups is 1. The number of aliphatic hydroxyl groups is 1. The van der Waals surface area contributed by atoms with Crippen molar-refractivity contribution in [1.82, 2.24) is 4.98 Å². The number of ketones is 1. The molecule has 0 bridgehead atoms. The number of nitrogens with zero attached hydrogens (tertiary/aromatic N) is 2. The number of fused-ring (bicyclic) bond motifs is 2. The number of thiazole rings is 1. The molecule has 192 valence electrons. The number of halogens is 1. The van der Waals surface area contributed by atoms with Gasteiger partial charge in [0.05, 0.1) is 28.9 Å². The lowest BCUT2D eigenvalue weighted by molar-refractivity contribution is -0.132. The first-order valence-corrected chi connectivity index (χ1v) is 12.7. The Bertz CT molecular complexity index is 1660. The number of aliphatic hydroxyl groups excluding tert-OH is 1. The molecule has 0 aliphatic carbocycles. The third-order valence-electron chi connectivity index (χ3n) is 6.32. The Morgan fingerprint density at radius 1 is 1.08 bits per heavy atom. The summed E-state index contributed by atoms with van der Waals surface area (Å²) in [4.78, 5) is 32.8. The second-order valence-corrected chi connectivity index (χ2v) is 10.0. The van der Waals surface area contributed by atoms with E-state index in [0.717, 1.165) is 4.70 Å². The minimum Gasteiger partial charge on any atom is -0.507 e. The minimum absolute atomic E-state index is 0.116. The van der Waals surface area contributed by atoms with Crippen molar-refractivity contribution in [2.75, 3.05) is 25.2 Å². The number of hydrogen-bond donors (Lipinski definition) is 2. The Kier molecular flexibility index (Phi) is 5.85. The lowest BCUT2D eigenvalue weighted by Gasteiger charge is -2.24. The molecule has 1 amide bonds. The van der Waals surface area contributed by atoms with Crippen LogP contribution in [0.5, 0.6) is 23.0 Å². The average Bonchev–Trinajstić information content (AvgIpc) is 3.45. The van der Waals surface area contributed by atoms with Crippen LogP contribution in [0.25, 0.3) is 16.0 Å². The Hall–Kier alpha value is -4.28. The molecule has 1 aromatic heterocycles. The van der Waals surface area contributed by atoms with E-state index in [2.05, 4.69) is 4.98 Å². The summed E-state index contributed by atoms with van der Waals surface area (Å²) >= 11 is 7.33. The molecule has 0 spiro atoms. The number of hydrogen-bond acceptors (Lipinski definition) is 9. The molecule has 11 heteroatoms. The first-order valence-electron chi connectivity index (χ1n) is 11.5. The zero-order chi connectivity index (χ0) is 26.6. The Balaban J connectivity index is 1.56. The molecule has 3 aromatic carbocycles. The number of methoxy groups -OCH3 is 1. The molecule has 1 unspecified atom stereocenters. The topological polar surface area (TPSA) is 118 Å². The molecule has 1 saturated heterocycles. The van der Waals surface area contributed by atoms with E-state index in [1.54, 1.807) is 42.5 Å². The summed E-state index contributed by atoms with van der Waals surface area (Å²) in [5.74, 6) is -1.16. The summed E-state index contributed by atoms with van der Waals surface area (Å²) in [6.45, 7) is 0.746. The van der Waals surface area contributed by atoms with Gasteiger partial charge in [-0.2, -0.15) is 0 Å². The van der Waals surface area contributed by atoms with Crippen molar-refractivity contribution in [2.24, 2.45) is 0 Å². The molecule has 0 saturated carbocycles. The van der Waals surface area contributed by atoms with E-state index in [0.29, 0.717) is 40.8 Å². The molecule has 0 radical (unpaired) electrons. The van der Waals surface area contributed by atoms with E-state index in [1.807, 2.05) is 0 Å². The van der Waals surface area contributed by atoms with Crippen molar-refractivity contribution in [3.63, 3.8) is 0 Å². The van der Waals surface area contributed by atoms with Gasteiger partial charge in [-0.05, 0) is 54.1 Å². The van der Waals surface area contributed by atoms with Crippen molar-refractivity contribution in [2.45, 2.75) is 6.04 Å². The summed E-state index contributed by atoms with van der Waals surface area (Å²) in [5.41, 5.74) is 1.16. The monoisotopic (exact) mass is 550 g/mol. The number of carbonyl (C=O) groups is 2. The number of ether oxygens (including phenoxy) is 3. The van der Waals surface area contributed by atoms with E-state index in [9.17, 15) is 19.8 Å². The number of phenolic OH excluding ortho intramolecular Hbond substituents is 1. The molecule has 2 aliphatic heterocycles. The molecule has 1 atom stereocenters. The second-order valence-electron chi connectivity index (χ2n) is 8.57. The fourth-order valence-electron chi connectivity index (χ4n) is 4.55. The molecule has 1 fully saturated rings. The molecular weight excluding hydrogens is 532 g/mol. The highest BCUT2D eigenvalue weighted by molar-refractivity contribution is 7.22. The maximum Gasteiger partial charge on any atom is 0.301 e. The van der Waals surface area contributed by atoms with Gasteiger partial charge in [0.25, 0.3) is 5.78 Å². The normalized spacial score (nSPS) is 18.3. The van der Waals surface area contributed by atoms with Gasteiger partial charge >= 0.3 is 5.91 Å². The first kappa shape index (κ1) is 24.1. The highest BCUT2D eigenvalue weighted by atomic mass is 35.5. The second kappa shape index (κ2) is 9.23. The van der Waals surface area contributed by atoms with Crippen LogP contribution in [0.15, 0.2) is 60.2 Å². The Morgan fingerprint density at radius 2 is 1.87 bits per heavy atom. The fourth-order valence-corrected chi connectivity index (χ4v) is 5.81. The third-order valence-corrected chi connectivity index (χ3v) is 7.58. The van der Waals surface area contributed by atoms with Crippen LogP contribution in [0.2, 0.25) is 5.02 Å². The van der Waals surface area contributed by atoms with Crippen molar-refractivity contribution < 1.29 is 34.0 Å². The van der Waals surface area contributed by atoms with Gasteiger partial charge in [-0.3, -0.25) is 14.5 Å². The molecule has 4 aromatic rings. The summed E-state index contributed by atoms with van der Waals surface area (Å²) in [5, 5.41) is 22.4. The molecule has 3 heterocycles. The zero-order valence-electron chi connectivity index (χ0n) is 19.8. The predicted molar refractivity (Wildman–Crippen MR) is 142 cm³/mol. The van der Waals surface area contributed by atoms with Crippen molar-refractivity contribution in [3.8, 4) is 23.0 Å². The van der Waals surface area contributed by atoms with Gasteiger partial charge in [0.1, 0.15) is 19.0 Å². The van der Waals surface area contributed by atoms with E-state index in [-0.39, 0.29) is 33.5 Å². The smallest absolute Gasteiger partial charge is 0.301 e. The van der Waals surface area contributed by atoms with Crippen molar-refractivity contribution >= 4 is 55.7 Å². The zero-order valence-corrected chi connectivity index (χ0v) is 21.4. The highest BCUT2D eigenvalue weighted by Gasteiger charge is 2.48. The van der Waals surface area contributed by atoms with E-state index in [1.165, 1.54) is 35.5 Å². The number of Topliss-reactive ketones (excluding diaryl/α,β-unsaturated/α-hetero) is 1. The molecule has 9 nitrogen and oxygen atoms in total. The number of phenols is 1. The van der Waals surface area contributed by atoms with Crippen LogP contribution >= 0.6 is 22.9 Å². The number of rotatable bonds is 4. The minimum atomic E-state index is -1.06. The largest absolute Gasteiger partial charge is 0.507 e. The van der Waals surface area contributed by atoms with E-state index < -0.39 is 17.7 Å². The SMILES string of the molecule is COc1cc(C2C(=C(O)c3ccc4c(c3)OCCO4)C(=O)C(=O)N2c2nc3ccc(Cl)cc3s2)ccc1O.